The predicted octanol–water partition coefficient (Wildman–Crippen LogP) is 8.30. The minimum absolute atomic E-state index is 0.0197. The molecule has 0 heterocycles. The van der Waals surface area contributed by atoms with Crippen LogP contribution in [-0.4, -0.2) is 153 Å². The Bertz CT molecular complexity index is 2410. The molecule has 0 aliphatic rings. The zero-order valence-corrected chi connectivity index (χ0v) is 45.2. The highest BCUT2D eigenvalue weighted by Gasteiger charge is 2.25. The monoisotopic (exact) mass is 1040 g/mol. The van der Waals surface area contributed by atoms with Crippen LogP contribution in [0.3, 0.4) is 0 Å². The zero-order chi connectivity index (χ0) is 54.1. The summed E-state index contributed by atoms with van der Waals surface area (Å²) in [7, 11) is 3.31. The van der Waals surface area contributed by atoms with Crippen molar-refractivity contribution in [1.29, 1.82) is 0 Å². The average molecular weight is 1050 g/mol. The van der Waals surface area contributed by atoms with E-state index in [4.69, 9.17) is 37.9 Å². The topological polar surface area (TPSA) is 161 Å². The van der Waals surface area contributed by atoms with Crippen LogP contribution in [0.2, 0.25) is 0 Å². The molecule has 0 aliphatic carbocycles. The molecule has 0 amide bonds. The van der Waals surface area contributed by atoms with Crippen molar-refractivity contribution in [2.75, 3.05) is 86.6 Å². The van der Waals surface area contributed by atoms with E-state index < -0.39 is 24.4 Å². The standard InChI is InChI=1S/C62H80N2O12/c1-7-47-12-26-58(27-13-47)73-41-52(65)37-64(38-55(68)44-76-62-11-9-10-61(34-62)72-8-2)46(4)40-71-39-45(3)63(35-53(66)42-74-59-28-18-50(19-29-59)32-48-14-22-56(69-5)23-15-48)36-54(67)43-75-60-30-20-51(21-31-60)33-49-16-24-57(70-6)25-17-49/h9-31,34,45-46,52-55,65-68H,7-8,32-33,35-44H2,1-6H3. The van der Waals surface area contributed by atoms with Crippen molar-refractivity contribution in [1.82, 2.24) is 9.80 Å². The number of rotatable bonds is 35. The van der Waals surface area contributed by atoms with Crippen LogP contribution in [0, 0.1) is 0 Å². The molecule has 0 aromatic heterocycles. The van der Waals surface area contributed by atoms with E-state index in [1.165, 1.54) is 5.56 Å². The van der Waals surface area contributed by atoms with Gasteiger partial charge in [-0.1, -0.05) is 73.7 Å². The lowest BCUT2D eigenvalue weighted by molar-refractivity contribution is -0.0270. The summed E-state index contributed by atoms with van der Waals surface area (Å²) in [6.07, 6.45) is -1.14. The van der Waals surface area contributed by atoms with Crippen LogP contribution in [0.25, 0.3) is 0 Å². The van der Waals surface area contributed by atoms with Crippen LogP contribution in [0.4, 0.5) is 0 Å². The quantitative estimate of drug-likeness (QED) is 0.0301. The van der Waals surface area contributed by atoms with Gasteiger partial charge in [0.1, 0.15) is 91.1 Å². The Hall–Kier alpha value is -6.36. The fraction of sp³-hybridized carbons (Fsp3) is 0.419. The van der Waals surface area contributed by atoms with Gasteiger partial charge in [0.2, 0.25) is 0 Å². The minimum Gasteiger partial charge on any atom is -0.497 e. The smallest absolute Gasteiger partial charge is 0.123 e. The van der Waals surface area contributed by atoms with Crippen LogP contribution in [-0.2, 0) is 24.0 Å². The highest BCUT2D eigenvalue weighted by Crippen LogP contribution is 2.23. The van der Waals surface area contributed by atoms with E-state index in [1.807, 2.05) is 170 Å². The van der Waals surface area contributed by atoms with Crippen LogP contribution in [0.15, 0.2) is 146 Å². The van der Waals surface area contributed by atoms with Gasteiger partial charge in [-0.3, -0.25) is 9.80 Å². The number of hydrogen-bond donors (Lipinski definition) is 4. The summed E-state index contributed by atoms with van der Waals surface area (Å²) in [6, 6.07) is 46.3. The second kappa shape index (κ2) is 31.6. The molecule has 14 heteroatoms. The van der Waals surface area contributed by atoms with Gasteiger partial charge in [0.25, 0.3) is 0 Å². The number of ether oxygens (including phenoxy) is 8. The van der Waals surface area contributed by atoms with Crippen molar-refractivity contribution in [2.45, 2.75) is 83.5 Å². The van der Waals surface area contributed by atoms with Crippen LogP contribution in [0.5, 0.6) is 40.2 Å². The van der Waals surface area contributed by atoms with Crippen molar-refractivity contribution in [3.63, 3.8) is 0 Å². The van der Waals surface area contributed by atoms with E-state index >= 15 is 0 Å². The van der Waals surface area contributed by atoms with Gasteiger partial charge < -0.3 is 58.3 Å². The van der Waals surface area contributed by atoms with Crippen molar-refractivity contribution >= 4 is 0 Å². The maximum Gasteiger partial charge on any atom is 0.123 e. The van der Waals surface area contributed by atoms with Gasteiger partial charge in [-0.05, 0) is 141 Å². The van der Waals surface area contributed by atoms with Gasteiger partial charge in [-0.25, -0.2) is 0 Å². The van der Waals surface area contributed by atoms with E-state index in [0.29, 0.717) is 35.4 Å². The number of nitrogens with zero attached hydrogens (tertiary/aromatic N) is 2. The maximum absolute atomic E-state index is 11.4. The lowest BCUT2D eigenvalue weighted by Gasteiger charge is -2.34. The molecule has 0 radical (unpaired) electrons. The lowest BCUT2D eigenvalue weighted by Crippen LogP contribution is -2.49. The summed E-state index contributed by atoms with van der Waals surface area (Å²) < 4.78 is 46.7. The number of aliphatic hydroxyl groups excluding tert-OH is 4. The van der Waals surface area contributed by atoms with Gasteiger partial charge in [-0.15, -0.1) is 0 Å². The third kappa shape index (κ3) is 20.6. The number of benzene rings is 6. The summed E-state index contributed by atoms with van der Waals surface area (Å²) in [5.74, 6) is 4.82. The molecule has 6 aromatic rings. The normalized spacial score (nSPS) is 13.8. The van der Waals surface area contributed by atoms with E-state index in [-0.39, 0.29) is 77.9 Å². The first kappa shape index (κ1) is 58.9. The van der Waals surface area contributed by atoms with Crippen LogP contribution >= 0.6 is 0 Å². The largest absolute Gasteiger partial charge is 0.497 e. The van der Waals surface area contributed by atoms with Gasteiger partial charge in [0, 0.05) is 44.3 Å². The molecule has 4 N–H and O–H groups in total. The molecule has 0 spiro atoms. The van der Waals surface area contributed by atoms with E-state index in [0.717, 1.165) is 53.0 Å². The Morgan fingerprint density at radius 3 is 0.987 bits per heavy atom. The number of methoxy groups -OCH3 is 2. The molecule has 410 valence electrons. The second-order valence-electron chi connectivity index (χ2n) is 19.2. The van der Waals surface area contributed by atoms with Gasteiger partial charge in [0.05, 0.1) is 34.0 Å². The highest BCUT2D eigenvalue weighted by atomic mass is 16.5. The van der Waals surface area contributed by atoms with Gasteiger partial charge >= 0.3 is 0 Å². The predicted molar refractivity (Wildman–Crippen MR) is 297 cm³/mol. The molecule has 0 bridgehead atoms. The second-order valence-corrected chi connectivity index (χ2v) is 19.2. The summed E-state index contributed by atoms with van der Waals surface area (Å²) >= 11 is 0. The molecule has 0 saturated heterocycles. The minimum atomic E-state index is -0.902. The zero-order valence-electron chi connectivity index (χ0n) is 45.2. The molecular formula is C62H80N2O12. The molecule has 76 heavy (non-hydrogen) atoms. The Balaban J connectivity index is 1.06. The molecular weight excluding hydrogens is 965 g/mol. The molecule has 0 aliphatic heterocycles. The van der Waals surface area contributed by atoms with Crippen molar-refractivity contribution < 1.29 is 58.3 Å². The molecule has 0 fully saturated rings. The molecule has 6 aromatic carbocycles. The third-order valence-electron chi connectivity index (χ3n) is 12.9. The summed E-state index contributed by atoms with van der Waals surface area (Å²) in [5.41, 5.74) is 5.77. The molecule has 14 nitrogen and oxygen atoms in total. The summed E-state index contributed by atoms with van der Waals surface area (Å²) in [4.78, 5) is 3.96. The Kier molecular flexibility index (Phi) is 24.5. The van der Waals surface area contributed by atoms with E-state index in [2.05, 4.69) is 6.92 Å². The molecule has 6 rings (SSSR count). The SMILES string of the molecule is CCOc1cccc(OCC(O)CN(CC(O)COc2ccc(CC)cc2)C(C)COCC(C)N(CC(O)COc2ccc(Cc3ccc(OC)cc3)cc2)CC(O)COc2ccc(Cc3ccc(OC)cc3)cc2)c1. The Morgan fingerprint density at radius 2 is 0.671 bits per heavy atom. The van der Waals surface area contributed by atoms with E-state index in [9.17, 15) is 20.4 Å². The summed E-state index contributed by atoms with van der Waals surface area (Å²) in [5, 5.41) is 45.4. The van der Waals surface area contributed by atoms with Crippen molar-refractivity contribution in [3.05, 3.63) is 173 Å². The maximum atomic E-state index is 11.4. The summed E-state index contributed by atoms with van der Waals surface area (Å²) in [6.45, 7) is 9.92. The molecule has 6 unspecified atom stereocenters. The third-order valence-corrected chi connectivity index (χ3v) is 12.9. The van der Waals surface area contributed by atoms with E-state index in [1.54, 1.807) is 20.3 Å². The van der Waals surface area contributed by atoms with Crippen LogP contribution in [0.1, 0.15) is 55.5 Å². The van der Waals surface area contributed by atoms with Crippen LogP contribution < -0.4 is 33.2 Å². The highest BCUT2D eigenvalue weighted by molar-refractivity contribution is 5.36. The fourth-order valence-corrected chi connectivity index (χ4v) is 8.56. The lowest BCUT2D eigenvalue weighted by atomic mass is 10.0. The molecule has 0 saturated carbocycles. The fourth-order valence-electron chi connectivity index (χ4n) is 8.56. The first-order valence-corrected chi connectivity index (χ1v) is 26.4. The first-order valence-electron chi connectivity index (χ1n) is 26.4. The van der Waals surface area contributed by atoms with Gasteiger partial charge in [-0.2, -0.15) is 0 Å². The van der Waals surface area contributed by atoms with Crippen molar-refractivity contribution in [3.8, 4) is 40.2 Å². The van der Waals surface area contributed by atoms with Crippen molar-refractivity contribution in [2.24, 2.45) is 0 Å². The first-order chi connectivity index (χ1) is 36.9. The molecule has 6 atom stereocenters. The Morgan fingerprint density at radius 1 is 0.368 bits per heavy atom. The average Bonchev–Trinajstić information content (AvgIpc) is 3.44. The number of aryl methyl sites for hydroxylation is 1. The Labute approximate surface area is 450 Å². The number of aliphatic hydroxyl groups is 4. The van der Waals surface area contributed by atoms with Gasteiger partial charge in [0.15, 0.2) is 0 Å². The number of hydrogen-bond acceptors (Lipinski definition) is 14.